The lowest BCUT2D eigenvalue weighted by atomic mass is 10.0. The van der Waals surface area contributed by atoms with Crippen LogP contribution in [0.3, 0.4) is 0 Å². The summed E-state index contributed by atoms with van der Waals surface area (Å²) < 4.78 is 10.3. The maximum Gasteiger partial charge on any atom is 0.242 e. The Balaban J connectivity index is 2.02. The number of nitrogens with zero attached hydrogens (tertiary/aromatic N) is 1. The molecular weight excluding hydrogens is 294 g/mol. The van der Waals surface area contributed by atoms with Crippen LogP contribution in [0.1, 0.15) is 36.8 Å². The van der Waals surface area contributed by atoms with Gasteiger partial charge in [-0.2, -0.15) is 0 Å². The van der Waals surface area contributed by atoms with Gasteiger partial charge in [-0.15, -0.1) is 0 Å². The molecule has 0 spiro atoms. The Labute approximate surface area is 136 Å². The van der Waals surface area contributed by atoms with Crippen molar-refractivity contribution in [1.82, 2.24) is 10.5 Å². The molecule has 0 saturated heterocycles. The molecule has 0 saturated carbocycles. The van der Waals surface area contributed by atoms with Crippen molar-refractivity contribution in [3.8, 4) is 5.75 Å². The van der Waals surface area contributed by atoms with Gasteiger partial charge in [-0.3, -0.25) is 10.1 Å². The van der Waals surface area contributed by atoms with Crippen LogP contribution in [0.5, 0.6) is 5.75 Å². The first kappa shape index (κ1) is 17.0. The molecule has 6 nitrogen and oxygen atoms in total. The molecule has 1 amide bonds. The summed E-state index contributed by atoms with van der Waals surface area (Å²) in [5.41, 5.74) is 2.16. The summed E-state index contributed by atoms with van der Waals surface area (Å²) in [5, 5.41) is 9.76. The number of amides is 1. The second-order valence-corrected chi connectivity index (χ2v) is 5.67. The van der Waals surface area contributed by atoms with E-state index in [2.05, 4.69) is 21.9 Å². The zero-order chi connectivity index (χ0) is 17.0. The Bertz CT molecular complexity index is 681. The van der Waals surface area contributed by atoms with Crippen molar-refractivity contribution in [1.29, 1.82) is 0 Å². The number of aryl methyl sites for hydroxylation is 2. The van der Waals surface area contributed by atoms with E-state index < -0.39 is 6.04 Å². The van der Waals surface area contributed by atoms with E-state index in [-0.39, 0.29) is 11.9 Å². The quantitative estimate of drug-likeness (QED) is 0.856. The Morgan fingerprint density at radius 3 is 2.61 bits per heavy atom. The molecule has 2 aromatic rings. The van der Waals surface area contributed by atoms with Crippen molar-refractivity contribution < 1.29 is 14.1 Å². The number of methoxy groups -OCH3 is 1. The molecule has 23 heavy (non-hydrogen) atoms. The third-order valence-electron chi connectivity index (χ3n) is 3.62. The minimum absolute atomic E-state index is 0.0374. The highest BCUT2D eigenvalue weighted by Crippen LogP contribution is 2.26. The first-order valence-corrected chi connectivity index (χ1v) is 7.55. The van der Waals surface area contributed by atoms with E-state index in [1.807, 2.05) is 26.0 Å². The van der Waals surface area contributed by atoms with Crippen molar-refractivity contribution in [2.24, 2.45) is 0 Å². The number of nitrogens with one attached hydrogen (secondary N) is 2. The molecule has 6 heteroatoms. The van der Waals surface area contributed by atoms with Gasteiger partial charge in [0.05, 0.1) is 13.2 Å². The third kappa shape index (κ3) is 4.32. The number of aromatic nitrogens is 1. The molecule has 1 heterocycles. The Morgan fingerprint density at radius 1 is 1.26 bits per heavy atom. The number of carbonyl (C=O) groups excluding carboxylic acids is 1. The van der Waals surface area contributed by atoms with Crippen LogP contribution in [-0.4, -0.2) is 24.2 Å². The van der Waals surface area contributed by atoms with Crippen LogP contribution in [0, 0.1) is 13.8 Å². The summed E-state index contributed by atoms with van der Waals surface area (Å²) in [5.74, 6) is 1.70. The first-order chi connectivity index (χ1) is 10.9. The van der Waals surface area contributed by atoms with Gasteiger partial charge < -0.3 is 14.6 Å². The smallest absolute Gasteiger partial charge is 0.242 e. The van der Waals surface area contributed by atoms with E-state index in [1.54, 1.807) is 27.0 Å². The minimum Gasteiger partial charge on any atom is -0.496 e. The number of anilines is 1. The van der Waals surface area contributed by atoms with Crippen LogP contribution in [0.4, 0.5) is 5.82 Å². The summed E-state index contributed by atoms with van der Waals surface area (Å²) in [4.78, 5) is 12.2. The molecule has 2 atom stereocenters. The highest BCUT2D eigenvalue weighted by Gasteiger charge is 2.19. The maximum absolute atomic E-state index is 12.2. The molecule has 1 aromatic carbocycles. The third-order valence-corrected chi connectivity index (χ3v) is 3.62. The molecule has 124 valence electrons. The summed E-state index contributed by atoms with van der Waals surface area (Å²) in [6, 6.07) is 7.24. The molecule has 0 fully saturated rings. The second kappa shape index (κ2) is 7.28. The van der Waals surface area contributed by atoms with Crippen LogP contribution in [0.15, 0.2) is 28.8 Å². The van der Waals surface area contributed by atoms with E-state index in [9.17, 15) is 4.79 Å². The number of benzene rings is 1. The zero-order valence-corrected chi connectivity index (χ0v) is 14.1. The fourth-order valence-corrected chi connectivity index (χ4v) is 2.39. The van der Waals surface area contributed by atoms with Gasteiger partial charge in [-0.1, -0.05) is 22.9 Å². The standard InChI is InChI=1S/C17H23N3O3/c1-10-6-7-15(22-5)14(8-10)12(3)18-13(4)17(21)19-16-9-11(2)23-20-16/h6-9,12-13,18H,1-5H3,(H,19,20,21). The molecular formula is C17H23N3O3. The van der Waals surface area contributed by atoms with Crippen LogP contribution in [0.25, 0.3) is 0 Å². The first-order valence-electron chi connectivity index (χ1n) is 7.55. The monoisotopic (exact) mass is 317 g/mol. The summed E-state index contributed by atoms with van der Waals surface area (Å²) in [6.45, 7) is 7.61. The molecule has 1 aromatic heterocycles. The van der Waals surface area contributed by atoms with E-state index in [0.29, 0.717) is 11.6 Å². The van der Waals surface area contributed by atoms with Gasteiger partial charge in [0.15, 0.2) is 5.82 Å². The number of carbonyl (C=O) groups is 1. The van der Waals surface area contributed by atoms with Gasteiger partial charge in [-0.05, 0) is 33.8 Å². The average Bonchev–Trinajstić information content (AvgIpc) is 2.92. The summed E-state index contributed by atoms with van der Waals surface area (Å²) >= 11 is 0. The largest absolute Gasteiger partial charge is 0.496 e. The van der Waals surface area contributed by atoms with E-state index in [1.165, 1.54) is 0 Å². The van der Waals surface area contributed by atoms with Gasteiger partial charge in [0.2, 0.25) is 5.91 Å². The van der Waals surface area contributed by atoms with Crippen LogP contribution >= 0.6 is 0 Å². The Kier molecular flexibility index (Phi) is 5.39. The van der Waals surface area contributed by atoms with E-state index >= 15 is 0 Å². The fraction of sp³-hybridized carbons (Fsp3) is 0.412. The molecule has 2 N–H and O–H groups in total. The van der Waals surface area contributed by atoms with Gasteiger partial charge in [0.1, 0.15) is 11.5 Å². The van der Waals surface area contributed by atoms with Crippen LogP contribution in [0.2, 0.25) is 0 Å². The number of hydrogen-bond acceptors (Lipinski definition) is 5. The molecule has 0 aliphatic heterocycles. The molecule has 2 rings (SSSR count). The molecule has 0 aliphatic rings. The van der Waals surface area contributed by atoms with E-state index in [0.717, 1.165) is 16.9 Å². The lowest BCUT2D eigenvalue weighted by molar-refractivity contribution is -0.118. The van der Waals surface area contributed by atoms with Crippen molar-refractivity contribution in [3.05, 3.63) is 41.2 Å². The van der Waals surface area contributed by atoms with Gasteiger partial charge in [-0.25, -0.2) is 0 Å². The van der Waals surface area contributed by atoms with Crippen molar-refractivity contribution >= 4 is 11.7 Å². The molecule has 0 bridgehead atoms. The molecule has 0 radical (unpaired) electrons. The summed E-state index contributed by atoms with van der Waals surface area (Å²) in [7, 11) is 1.64. The summed E-state index contributed by atoms with van der Waals surface area (Å²) in [6.07, 6.45) is 0. The Hall–Kier alpha value is -2.34. The number of hydrogen-bond donors (Lipinski definition) is 2. The van der Waals surface area contributed by atoms with Crippen molar-refractivity contribution in [3.63, 3.8) is 0 Å². The lowest BCUT2D eigenvalue weighted by Crippen LogP contribution is -2.39. The molecule has 2 unspecified atom stereocenters. The minimum atomic E-state index is -0.396. The number of ether oxygens (including phenoxy) is 1. The number of rotatable bonds is 6. The molecule has 0 aliphatic carbocycles. The normalized spacial score (nSPS) is 13.4. The van der Waals surface area contributed by atoms with Gasteiger partial charge in [0, 0.05) is 17.7 Å². The average molecular weight is 317 g/mol. The SMILES string of the molecule is COc1ccc(C)cc1C(C)NC(C)C(=O)Nc1cc(C)on1. The van der Waals surface area contributed by atoms with Gasteiger partial charge >= 0.3 is 0 Å². The van der Waals surface area contributed by atoms with Crippen molar-refractivity contribution in [2.45, 2.75) is 39.8 Å². The van der Waals surface area contributed by atoms with Gasteiger partial charge in [0.25, 0.3) is 0 Å². The topological polar surface area (TPSA) is 76.4 Å². The van der Waals surface area contributed by atoms with E-state index in [4.69, 9.17) is 9.26 Å². The highest BCUT2D eigenvalue weighted by molar-refractivity contribution is 5.93. The lowest BCUT2D eigenvalue weighted by Gasteiger charge is -2.21. The maximum atomic E-state index is 12.2. The van der Waals surface area contributed by atoms with Crippen LogP contribution < -0.4 is 15.4 Å². The Morgan fingerprint density at radius 2 is 2.00 bits per heavy atom. The highest BCUT2D eigenvalue weighted by atomic mass is 16.5. The van der Waals surface area contributed by atoms with Crippen molar-refractivity contribution in [2.75, 3.05) is 12.4 Å². The zero-order valence-electron chi connectivity index (χ0n) is 14.1. The predicted molar refractivity (Wildman–Crippen MR) is 88.6 cm³/mol. The predicted octanol–water partition coefficient (Wildman–Crippen LogP) is 2.98. The second-order valence-electron chi connectivity index (χ2n) is 5.67. The fourth-order valence-electron chi connectivity index (χ4n) is 2.39. The van der Waals surface area contributed by atoms with Crippen LogP contribution in [-0.2, 0) is 4.79 Å².